The molecule has 18 heavy (non-hydrogen) atoms. The molecule has 2 N–H and O–H groups in total. The first-order valence-corrected chi connectivity index (χ1v) is 7.60. The average molecular weight is 295 g/mol. The van der Waals surface area contributed by atoms with Gasteiger partial charge in [0.15, 0.2) is 0 Å². The average Bonchev–Trinajstić information content (AvgIpc) is 2.95. The van der Waals surface area contributed by atoms with E-state index in [4.69, 9.17) is 17.3 Å². The van der Waals surface area contributed by atoms with E-state index in [1.54, 1.807) is 22.7 Å². The lowest BCUT2D eigenvalue weighted by atomic mass is 10.1. The van der Waals surface area contributed by atoms with Crippen molar-refractivity contribution in [3.63, 3.8) is 0 Å². The van der Waals surface area contributed by atoms with Crippen molar-refractivity contribution in [3.8, 4) is 10.6 Å². The number of hydrogen-bond donors (Lipinski definition) is 1. The number of benzene rings is 1. The molecule has 0 bridgehead atoms. The van der Waals surface area contributed by atoms with Gasteiger partial charge < -0.3 is 5.73 Å². The minimum absolute atomic E-state index is 0.500. The Balaban J connectivity index is 2.20. The maximum absolute atomic E-state index is 6.05. The van der Waals surface area contributed by atoms with Crippen LogP contribution in [-0.2, 0) is 6.54 Å². The predicted octanol–water partition coefficient (Wildman–Crippen LogP) is 4.45. The summed E-state index contributed by atoms with van der Waals surface area (Å²) < 4.78 is 1.24. The lowest BCUT2D eigenvalue weighted by Crippen LogP contribution is -1.94. The SMILES string of the molecule is Cc1c(-c2csc(CN)n2)sc2ccc(Cl)cc12. The highest BCUT2D eigenvalue weighted by molar-refractivity contribution is 7.22. The van der Waals surface area contributed by atoms with E-state index in [9.17, 15) is 0 Å². The highest BCUT2D eigenvalue weighted by Gasteiger charge is 2.13. The van der Waals surface area contributed by atoms with Crippen LogP contribution in [0.2, 0.25) is 5.02 Å². The Hall–Kier alpha value is -0.940. The van der Waals surface area contributed by atoms with Crippen LogP contribution in [0.3, 0.4) is 0 Å². The second kappa shape index (κ2) is 4.63. The summed E-state index contributed by atoms with van der Waals surface area (Å²) in [5, 5.41) is 5.03. The molecule has 2 nitrogen and oxygen atoms in total. The summed E-state index contributed by atoms with van der Waals surface area (Å²) in [5.41, 5.74) is 7.87. The standard InChI is InChI=1S/C13H11ClN2S2/c1-7-9-4-8(14)2-3-11(9)18-13(7)10-6-17-12(5-15)16-10/h2-4,6H,5,15H2,1H3. The third-order valence-electron chi connectivity index (χ3n) is 2.86. The first-order chi connectivity index (χ1) is 8.69. The number of nitrogens with zero attached hydrogens (tertiary/aromatic N) is 1. The van der Waals surface area contributed by atoms with Gasteiger partial charge in [-0.3, -0.25) is 0 Å². The molecule has 0 saturated heterocycles. The highest BCUT2D eigenvalue weighted by Crippen LogP contribution is 2.39. The zero-order chi connectivity index (χ0) is 12.7. The van der Waals surface area contributed by atoms with E-state index >= 15 is 0 Å². The van der Waals surface area contributed by atoms with Gasteiger partial charge in [0.1, 0.15) is 5.01 Å². The summed E-state index contributed by atoms with van der Waals surface area (Å²) in [6, 6.07) is 6.01. The quantitative estimate of drug-likeness (QED) is 0.758. The molecule has 2 aromatic heterocycles. The molecule has 0 aliphatic heterocycles. The van der Waals surface area contributed by atoms with E-state index in [0.717, 1.165) is 15.7 Å². The Kier molecular flexibility index (Phi) is 3.11. The van der Waals surface area contributed by atoms with Crippen molar-refractivity contribution in [1.29, 1.82) is 0 Å². The largest absolute Gasteiger partial charge is 0.325 e. The van der Waals surface area contributed by atoms with Gasteiger partial charge in [0, 0.05) is 21.6 Å². The Morgan fingerprint density at radius 1 is 1.39 bits per heavy atom. The molecule has 0 amide bonds. The van der Waals surface area contributed by atoms with Gasteiger partial charge in [-0.2, -0.15) is 0 Å². The highest BCUT2D eigenvalue weighted by atomic mass is 35.5. The summed E-state index contributed by atoms with van der Waals surface area (Å²) in [4.78, 5) is 5.76. The fraction of sp³-hybridized carbons (Fsp3) is 0.154. The van der Waals surface area contributed by atoms with Gasteiger partial charge in [-0.25, -0.2) is 4.98 Å². The molecule has 0 radical (unpaired) electrons. The number of aryl methyl sites for hydroxylation is 1. The number of nitrogens with two attached hydrogens (primary N) is 1. The first-order valence-electron chi connectivity index (χ1n) is 5.52. The van der Waals surface area contributed by atoms with Crippen molar-refractivity contribution in [2.24, 2.45) is 5.73 Å². The Morgan fingerprint density at radius 3 is 2.94 bits per heavy atom. The maximum Gasteiger partial charge on any atom is 0.107 e. The fourth-order valence-electron chi connectivity index (χ4n) is 1.95. The van der Waals surface area contributed by atoms with Gasteiger partial charge in [-0.05, 0) is 36.1 Å². The van der Waals surface area contributed by atoms with Gasteiger partial charge in [0.25, 0.3) is 0 Å². The van der Waals surface area contributed by atoms with Crippen LogP contribution in [0, 0.1) is 6.92 Å². The lowest BCUT2D eigenvalue weighted by molar-refractivity contribution is 1.04. The van der Waals surface area contributed by atoms with Crippen LogP contribution in [0.4, 0.5) is 0 Å². The number of rotatable bonds is 2. The van der Waals surface area contributed by atoms with E-state index in [1.165, 1.54) is 20.5 Å². The van der Waals surface area contributed by atoms with Gasteiger partial charge >= 0.3 is 0 Å². The molecule has 0 spiro atoms. The van der Waals surface area contributed by atoms with Crippen LogP contribution in [-0.4, -0.2) is 4.98 Å². The van der Waals surface area contributed by atoms with Crippen LogP contribution >= 0.6 is 34.3 Å². The zero-order valence-electron chi connectivity index (χ0n) is 9.74. The van der Waals surface area contributed by atoms with Gasteiger partial charge in [-0.1, -0.05) is 11.6 Å². The third kappa shape index (κ3) is 1.95. The van der Waals surface area contributed by atoms with E-state index in [0.29, 0.717) is 6.54 Å². The molecule has 2 heterocycles. The van der Waals surface area contributed by atoms with Crippen LogP contribution in [0.25, 0.3) is 20.7 Å². The predicted molar refractivity (Wildman–Crippen MR) is 80.6 cm³/mol. The third-order valence-corrected chi connectivity index (χ3v) is 5.26. The van der Waals surface area contributed by atoms with Crippen molar-refractivity contribution in [3.05, 3.63) is 39.2 Å². The van der Waals surface area contributed by atoms with Crippen molar-refractivity contribution in [2.75, 3.05) is 0 Å². The molecule has 0 aliphatic carbocycles. The molecule has 0 fully saturated rings. The van der Waals surface area contributed by atoms with Crippen molar-refractivity contribution in [2.45, 2.75) is 13.5 Å². The normalized spacial score (nSPS) is 11.3. The Labute approximate surface area is 118 Å². The molecular weight excluding hydrogens is 284 g/mol. The molecule has 3 aromatic rings. The minimum atomic E-state index is 0.500. The Bertz CT molecular complexity index is 715. The number of hydrogen-bond acceptors (Lipinski definition) is 4. The summed E-state index contributed by atoms with van der Waals surface area (Å²) in [6.07, 6.45) is 0. The van der Waals surface area contributed by atoms with Crippen molar-refractivity contribution >= 4 is 44.4 Å². The van der Waals surface area contributed by atoms with Gasteiger partial charge in [0.2, 0.25) is 0 Å². The van der Waals surface area contributed by atoms with Crippen LogP contribution in [0.15, 0.2) is 23.6 Å². The van der Waals surface area contributed by atoms with E-state index in [-0.39, 0.29) is 0 Å². The van der Waals surface area contributed by atoms with E-state index < -0.39 is 0 Å². The molecule has 92 valence electrons. The number of fused-ring (bicyclic) bond motifs is 1. The lowest BCUT2D eigenvalue weighted by Gasteiger charge is -1.94. The Morgan fingerprint density at radius 2 is 2.22 bits per heavy atom. The number of aromatic nitrogens is 1. The first kappa shape index (κ1) is 12.1. The molecule has 3 rings (SSSR count). The number of halogens is 1. The van der Waals surface area contributed by atoms with Gasteiger partial charge in [0.05, 0.1) is 10.6 Å². The molecule has 0 aliphatic rings. The maximum atomic E-state index is 6.05. The molecular formula is C13H11ClN2S2. The molecule has 0 unspecified atom stereocenters. The van der Waals surface area contributed by atoms with Crippen LogP contribution < -0.4 is 5.73 Å². The molecule has 0 saturated carbocycles. The van der Waals surface area contributed by atoms with Crippen LogP contribution in [0.1, 0.15) is 10.6 Å². The summed E-state index contributed by atoms with van der Waals surface area (Å²) in [5.74, 6) is 0. The second-order valence-corrected chi connectivity index (χ2v) is 6.46. The second-order valence-electron chi connectivity index (χ2n) is 4.03. The molecule has 0 atom stereocenters. The number of thiophene rings is 1. The molecule has 5 heteroatoms. The summed E-state index contributed by atoms with van der Waals surface area (Å²) in [7, 11) is 0. The van der Waals surface area contributed by atoms with Gasteiger partial charge in [-0.15, -0.1) is 22.7 Å². The van der Waals surface area contributed by atoms with Crippen molar-refractivity contribution in [1.82, 2.24) is 4.98 Å². The van der Waals surface area contributed by atoms with E-state index in [1.807, 2.05) is 12.1 Å². The minimum Gasteiger partial charge on any atom is -0.325 e. The summed E-state index contributed by atoms with van der Waals surface area (Å²) in [6.45, 7) is 2.62. The fourth-order valence-corrected chi connectivity index (χ4v) is 4.01. The smallest absolute Gasteiger partial charge is 0.107 e. The summed E-state index contributed by atoms with van der Waals surface area (Å²) >= 11 is 9.41. The van der Waals surface area contributed by atoms with Crippen molar-refractivity contribution < 1.29 is 0 Å². The molecule has 1 aromatic carbocycles. The monoisotopic (exact) mass is 294 g/mol. The number of thiazole rings is 1. The zero-order valence-corrected chi connectivity index (χ0v) is 12.1. The van der Waals surface area contributed by atoms with Crippen LogP contribution in [0.5, 0.6) is 0 Å². The van der Waals surface area contributed by atoms with E-state index in [2.05, 4.69) is 23.4 Å². The topological polar surface area (TPSA) is 38.9 Å².